The van der Waals surface area contributed by atoms with E-state index >= 15 is 0 Å². The Morgan fingerprint density at radius 3 is 3.05 bits per heavy atom. The Hall–Kier alpha value is -2.73. The summed E-state index contributed by atoms with van der Waals surface area (Å²) in [5.41, 5.74) is 1.54. The number of hydrogen-bond acceptors (Lipinski definition) is 4. The van der Waals surface area contributed by atoms with Gasteiger partial charge in [0.15, 0.2) is 0 Å². The lowest BCUT2D eigenvalue weighted by atomic mass is 10.1. The average Bonchev–Trinajstić information content (AvgIpc) is 2.55. The molecule has 0 radical (unpaired) electrons. The van der Waals surface area contributed by atoms with E-state index < -0.39 is 0 Å². The van der Waals surface area contributed by atoms with Gasteiger partial charge in [-0.25, -0.2) is 4.79 Å². The first-order valence-electron chi connectivity index (χ1n) is 6.95. The fourth-order valence-electron chi connectivity index (χ4n) is 2.34. The molecule has 0 saturated heterocycles. The zero-order valence-corrected chi connectivity index (χ0v) is 12.2. The van der Waals surface area contributed by atoms with Crippen LogP contribution in [-0.4, -0.2) is 36.3 Å². The van der Waals surface area contributed by atoms with Crippen molar-refractivity contribution in [2.45, 2.75) is 0 Å². The Morgan fingerprint density at radius 2 is 2.18 bits per heavy atom. The van der Waals surface area contributed by atoms with Crippen LogP contribution in [0.15, 0.2) is 42.9 Å². The number of urea groups is 1. The number of fused-ring (bicyclic) bond motifs is 3. The lowest BCUT2D eigenvalue weighted by molar-refractivity contribution is 0.198. The van der Waals surface area contributed by atoms with Gasteiger partial charge in [-0.05, 0) is 29.7 Å². The van der Waals surface area contributed by atoms with Crippen molar-refractivity contribution in [2.24, 2.45) is 0 Å². The predicted molar refractivity (Wildman–Crippen MR) is 85.9 cm³/mol. The van der Waals surface area contributed by atoms with E-state index in [-0.39, 0.29) is 6.03 Å². The standard InChI is InChI=1S/C16H16N4O2/c1-22-8-7-19-16(21)20-14-9-11-4-6-17-10-13(11)15-12(14)3-2-5-18-15/h2-6,9-10H,7-8H2,1H3,(H2,19,20,21). The van der Waals surface area contributed by atoms with Crippen LogP contribution in [0.5, 0.6) is 0 Å². The van der Waals surface area contributed by atoms with Crippen LogP contribution < -0.4 is 10.6 Å². The fraction of sp³-hybridized carbons (Fsp3) is 0.188. The molecule has 6 heteroatoms. The first-order chi connectivity index (χ1) is 10.8. The zero-order chi connectivity index (χ0) is 15.4. The molecule has 0 aliphatic heterocycles. The van der Waals surface area contributed by atoms with E-state index in [9.17, 15) is 4.79 Å². The molecule has 6 nitrogen and oxygen atoms in total. The van der Waals surface area contributed by atoms with Crippen LogP contribution in [-0.2, 0) is 4.74 Å². The Morgan fingerprint density at radius 1 is 1.27 bits per heavy atom. The Kier molecular flexibility index (Phi) is 4.11. The summed E-state index contributed by atoms with van der Waals surface area (Å²) in [5.74, 6) is 0. The maximum absolute atomic E-state index is 12.0. The number of amides is 2. The van der Waals surface area contributed by atoms with Crippen molar-refractivity contribution in [1.82, 2.24) is 15.3 Å². The summed E-state index contributed by atoms with van der Waals surface area (Å²) in [6, 6.07) is 7.34. The monoisotopic (exact) mass is 296 g/mol. The van der Waals surface area contributed by atoms with Gasteiger partial charge < -0.3 is 15.4 Å². The van der Waals surface area contributed by atoms with E-state index in [1.54, 1.807) is 25.7 Å². The number of anilines is 1. The largest absolute Gasteiger partial charge is 0.383 e. The third-order valence-electron chi connectivity index (χ3n) is 3.35. The summed E-state index contributed by atoms with van der Waals surface area (Å²) in [5, 5.41) is 8.43. The molecule has 0 saturated carbocycles. The fourth-order valence-corrected chi connectivity index (χ4v) is 2.34. The smallest absolute Gasteiger partial charge is 0.319 e. The van der Waals surface area contributed by atoms with Gasteiger partial charge in [-0.15, -0.1) is 0 Å². The number of pyridine rings is 2. The highest BCUT2D eigenvalue weighted by atomic mass is 16.5. The highest BCUT2D eigenvalue weighted by molar-refractivity contribution is 6.12. The van der Waals surface area contributed by atoms with E-state index in [4.69, 9.17) is 4.74 Å². The molecule has 2 aromatic heterocycles. The second-order valence-electron chi connectivity index (χ2n) is 4.79. The van der Waals surface area contributed by atoms with Gasteiger partial charge in [0, 0.05) is 43.0 Å². The number of rotatable bonds is 4. The van der Waals surface area contributed by atoms with Gasteiger partial charge in [0.05, 0.1) is 17.8 Å². The summed E-state index contributed by atoms with van der Waals surface area (Å²) < 4.78 is 4.91. The molecule has 0 fully saturated rings. The number of ether oxygens (including phenoxy) is 1. The molecule has 0 unspecified atom stereocenters. The van der Waals surface area contributed by atoms with Gasteiger partial charge in [-0.1, -0.05) is 0 Å². The van der Waals surface area contributed by atoms with E-state index in [1.165, 1.54) is 0 Å². The Labute approximate surface area is 127 Å². The van der Waals surface area contributed by atoms with E-state index in [2.05, 4.69) is 20.6 Å². The molecular formula is C16H16N4O2. The third kappa shape index (κ3) is 2.82. The molecule has 2 N–H and O–H groups in total. The van der Waals surface area contributed by atoms with Crippen molar-refractivity contribution in [2.75, 3.05) is 25.6 Å². The minimum atomic E-state index is -0.268. The molecule has 0 aliphatic carbocycles. The molecule has 2 heterocycles. The van der Waals surface area contributed by atoms with Crippen molar-refractivity contribution in [1.29, 1.82) is 0 Å². The van der Waals surface area contributed by atoms with Crippen LogP contribution in [0.1, 0.15) is 0 Å². The minimum absolute atomic E-state index is 0.268. The Bertz CT molecular complexity index is 819. The molecule has 0 atom stereocenters. The molecule has 112 valence electrons. The quantitative estimate of drug-likeness (QED) is 0.573. The number of nitrogens with zero attached hydrogens (tertiary/aromatic N) is 2. The van der Waals surface area contributed by atoms with Crippen molar-refractivity contribution in [3.8, 4) is 0 Å². The van der Waals surface area contributed by atoms with Gasteiger partial charge in [0.2, 0.25) is 0 Å². The van der Waals surface area contributed by atoms with Crippen molar-refractivity contribution in [3.63, 3.8) is 0 Å². The van der Waals surface area contributed by atoms with Crippen molar-refractivity contribution < 1.29 is 9.53 Å². The number of methoxy groups -OCH3 is 1. The number of carbonyl (C=O) groups excluding carboxylic acids is 1. The average molecular weight is 296 g/mol. The topological polar surface area (TPSA) is 76.1 Å². The molecule has 0 aliphatic rings. The van der Waals surface area contributed by atoms with Crippen LogP contribution >= 0.6 is 0 Å². The maximum Gasteiger partial charge on any atom is 0.319 e. The summed E-state index contributed by atoms with van der Waals surface area (Å²) in [6.45, 7) is 0.926. The highest BCUT2D eigenvalue weighted by Crippen LogP contribution is 2.29. The normalized spacial score (nSPS) is 10.8. The van der Waals surface area contributed by atoms with E-state index in [0.29, 0.717) is 13.2 Å². The number of nitrogens with one attached hydrogen (secondary N) is 2. The number of aromatic nitrogens is 2. The number of carbonyl (C=O) groups is 1. The van der Waals surface area contributed by atoms with Gasteiger partial charge in [-0.2, -0.15) is 0 Å². The molecule has 0 bridgehead atoms. The highest BCUT2D eigenvalue weighted by Gasteiger charge is 2.09. The Balaban J connectivity index is 1.99. The minimum Gasteiger partial charge on any atom is -0.383 e. The van der Waals surface area contributed by atoms with Crippen LogP contribution in [0.2, 0.25) is 0 Å². The molecule has 3 aromatic rings. The van der Waals surface area contributed by atoms with Crippen LogP contribution in [0.4, 0.5) is 10.5 Å². The molecule has 3 rings (SSSR count). The first kappa shape index (κ1) is 14.2. The van der Waals surface area contributed by atoms with E-state index in [1.807, 2.05) is 24.3 Å². The second-order valence-corrected chi connectivity index (χ2v) is 4.79. The molecule has 2 amide bonds. The molecule has 1 aromatic carbocycles. The lowest BCUT2D eigenvalue weighted by Gasteiger charge is -2.11. The van der Waals surface area contributed by atoms with Gasteiger partial charge >= 0.3 is 6.03 Å². The lowest BCUT2D eigenvalue weighted by Crippen LogP contribution is -2.31. The third-order valence-corrected chi connectivity index (χ3v) is 3.35. The number of hydrogen-bond donors (Lipinski definition) is 2. The summed E-state index contributed by atoms with van der Waals surface area (Å²) >= 11 is 0. The molecular weight excluding hydrogens is 280 g/mol. The van der Waals surface area contributed by atoms with Crippen LogP contribution in [0.25, 0.3) is 21.7 Å². The van der Waals surface area contributed by atoms with Gasteiger partial charge in [0.1, 0.15) is 0 Å². The first-order valence-corrected chi connectivity index (χ1v) is 6.95. The summed E-state index contributed by atoms with van der Waals surface area (Å²) in [7, 11) is 1.59. The molecule has 22 heavy (non-hydrogen) atoms. The summed E-state index contributed by atoms with van der Waals surface area (Å²) in [4.78, 5) is 20.5. The predicted octanol–water partition coefficient (Wildman–Crippen LogP) is 2.55. The van der Waals surface area contributed by atoms with Crippen molar-refractivity contribution in [3.05, 3.63) is 42.9 Å². The zero-order valence-electron chi connectivity index (χ0n) is 12.2. The van der Waals surface area contributed by atoms with Crippen molar-refractivity contribution >= 4 is 33.4 Å². The van der Waals surface area contributed by atoms with E-state index in [0.717, 1.165) is 27.4 Å². The second kappa shape index (κ2) is 6.36. The SMILES string of the molecule is COCCNC(=O)Nc1cc2ccncc2c2ncccc12. The molecule has 0 spiro atoms. The van der Waals surface area contributed by atoms with Gasteiger partial charge in [0.25, 0.3) is 0 Å². The number of benzene rings is 1. The maximum atomic E-state index is 12.0. The van der Waals surface area contributed by atoms with Gasteiger partial charge in [-0.3, -0.25) is 9.97 Å². The van der Waals surface area contributed by atoms with Crippen LogP contribution in [0, 0.1) is 0 Å². The van der Waals surface area contributed by atoms with Crippen LogP contribution in [0.3, 0.4) is 0 Å². The summed E-state index contributed by atoms with van der Waals surface area (Å²) in [6.07, 6.45) is 5.24.